The predicted octanol–water partition coefficient (Wildman–Crippen LogP) is -0.547. The molecule has 8 nitrogen and oxygen atoms in total. The van der Waals surface area contributed by atoms with E-state index in [9.17, 15) is 0 Å². The second-order valence-corrected chi connectivity index (χ2v) is 3.85. The molecule has 0 aliphatic heterocycles. The molecular formula is C10H20N6O2. The Hall–Kier alpha value is -1.67. The molecule has 0 aliphatic rings. The minimum absolute atomic E-state index is 0.123. The average Bonchev–Trinajstić information content (AvgIpc) is 2.32. The van der Waals surface area contributed by atoms with E-state index < -0.39 is 0 Å². The predicted molar refractivity (Wildman–Crippen MR) is 68.7 cm³/mol. The van der Waals surface area contributed by atoms with Crippen LogP contribution in [-0.4, -0.2) is 67.4 Å². The van der Waals surface area contributed by atoms with E-state index in [-0.39, 0.29) is 12.0 Å². The number of methoxy groups -OCH3 is 1. The normalized spacial score (nSPS) is 10.7. The number of rotatable bonds is 8. The van der Waals surface area contributed by atoms with Crippen molar-refractivity contribution in [3.05, 3.63) is 0 Å². The lowest BCUT2D eigenvalue weighted by atomic mass is 10.6. The summed E-state index contributed by atoms with van der Waals surface area (Å²) in [6.45, 7) is 2.76. The van der Waals surface area contributed by atoms with Gasteiger partial charge in [-0.25, -0.2) is 0 Å². The molecular weight excluding hydrogens is 236 g/mol. The first-order chi connectivity index (χ1) is 8.61. The quantitative estimate of drug-likeness (QED) is 0.598. The van der Waals surface area contributed by atoms with E-state index in [2.05, 4.69) is 25.2 Å². The van der Waals surface area contributed by atoms with Crippen LogP contribution in [0.4, 0.5) is 11.9 Å². The molecule has 1 heterocycles. The van der Waals surface area contributed by atoms with E-state index >= 15 is 0 Å². The maximum absolute atomic E-state index is 5.50. The van der Waals surface area contributed by atoms with Crippen LogP contribution < -0.4 is 15.8 Å². The highest BCUT2D eigenvalue weighted by molar-refractivity contribution is 5.32. The van der Waals surface area contributed by atoms with Crippen molar-refractivity contribution in [2.75, 3.05) is 58.6 Å². The van der Waals surface area contributed by atoms with Crippen molar-refractivity contribution < 1.29 is 9.47 Å². The van der Waals surface area contributed by atoms with Crippen LogP contribution >= 0.6 is 0 Å². The van der Waals surface area contributed by atoms with Gasteiger partial charge in [-0.3, -0.25) is 0 Å². The monoisotopic (exact) mass is 256 g/mol. The Labute approximate surface area is 107 Å². The number of hydrogen-bond acceptors (Lipinski definition) is 8. The summed E-state index contributed by atoms with van der Waals surface area (Å²) in [5, 5.41) is 2.99. The Morgan fingerprint density at radius 1 is 1.22 bits per heavy atom. The molecule has 102 valence electrons. The second-order valence-electron chi connectivity index (χ2n) is 3.85. The molecule has 1 aromatic heterocycles. The summed E-state index contributed by atoms with van der Waals surface area (Å²) >= 11 is 0. The third-order valence-electron chi connectivity index (χ3n) is 2.03. The van der Waals surface area contributed by atoms with Crippen LogP contribution in [0.1, 0.15) is 0 Å². The highest BCUT2D eigenvalue weighted by Gasteiger charge is 2.03. The first-order valence-corrected chi connectivity index (χ1v) is 5.63. The molecule has 0 aromatic carbocycles. The van der Waals surface area contributed by atoms with E-state index in [0.717, 1.165) is 6.54 Å². The molecule has 1 rings (SSSR count). The lowest BCUT2D eigenvalue weighted by molar-refractivity contribution is 0.126. The van der Waals surface area contributed by atoms with Crippen molar-refractivity contribution in [1.29, 1.82) is 0 Å². The zero-order valence-corrected chi connectivity index (χ0v) is 11.0. The molecule has 0 unspecified atom stereocenters. The molecule has 0 aliphatic carbocycles. The van der Waals surface area contributed by atoms with Crippen molar-refractivity contribution in [1.82, 2.24) is 19.9 Å². The minimum atomic E-state index is 0.123. The van der Waals surface area contributed by atoms with E-state index in [1.807, 2.05) is 14.1 Å². The first kappa shape index (κ1) is 14.4. The van der Waals surface area contributed by atoms with Gasteiger partial charge in [0, 0.05) is 13.1 Å². The lowest BCUT2D eigenvalue weighted by Gasteiger charge is -2.10. The van der Waals surface area contributed by atoms with E-state index in [1.54, 1.807) is 0 Å². The van der Waals surface area contributed by atoms with Gasteiger partial charge in [-0.2, -0.15) is 15.0 Å². The van der Waals surface area contributed by atoms with Gasteiger partial charge >= 0.3 is 6.01 Å². The molecule has 0 bridgehead atoms. The summed E-state index contributed by atoms with van der Waals surface area (Å²) in [4.78, 5) is 13.8. The summed E-state index contributed by atoms with van der Waals surface area (Å²) < 4.78 is 10.3. The SMILES string of the molecule is COc1nc(N)nc(NCCOCCN(C)C)n1. The van der Waals surface area contributed by atoms with Crippen LogP contribution in [-0.2, 0) is 4.74 Å². The Morgan fingerprint density at radius 3 is 2.67 bits per heavy atom. The third kappa shape index (κ3) is 5.60. The van der Waals surface area contributed by atoms with Crippen molar-refractivity contribution in [3.8, 4) is 6.01 Å². The lowest BCUT2D eigenvalue weighted by Crippen LogP contribution is -2.20. The third-order valence-corrected chi connectivity index (χ3v) is 2.03. The molecule has 0 spiro atoms. The average molecular weight is 256 g/mol. The Kier molecular flexibility index (Phi) is 6.09. The largest absolute Gasteiger partial charge is 0.467 e. The fourth-order valence-electron chi connectivity index (χ4n) is 1.13. The number of likely N-dealkylation sites (N-methyl/N-ethyl adjacent to an activating group) is 1. The number of nitrogens with zero attached hydrogens (tertiary/aromatic N) is 4. The number of aromatic nitrogens is 3. The van der Waals surface area contributed by atoms with Gasteiger partial charge in [-0.15, -0.1) is 0 Å². The first-order valence-electron chi connectivity index (χ1n) is 5.63. The topological polar surface area (TPSA) is 98.4 Å². The Bertz CT molecular complexity index is 360. The molecule has 0 saturated heterocycles. The van der Waals surface area contributed by atoms with Crippen molar-refractivity contribution in [2.24, 2.45) is 0 Å². The molecule has 0 saturated carbocycles. The number of anilines is 2. The maximum Gasteiger partial charge on any atom is 0.322 e. The number of hydrogen-bond donors (Lipinski definition) is 2. The summed E-state index contributed by atoms with van der Waals surface area (Å²) in [5.74, 6) is 0.508. The van der Waals surface area contributed by atoms with Crippen LogP contribution in [0.25, 0.3) is 0 Å². The summed E-state index contributed by atoms with van der Waals surface area (Å²) in [7, 11) is 5.48. The van der Waals surface area contributed by atoms with Gasteiger partial charge in [0.05, 0.1) is 20.3 Å². The number of nitrogens with one attached hydrogen (secondary N) is 1. The van der Waals surface area contributed by atoms with Gasteiger partial charge in [0.15, 0.2) is 0 Å². The van der Waals surface area contributed by atoms with Crippen LogP contribution in [0, 0.1) is 0 Å². The van der Waals surface area contributed by atoms with Gasteiger partial charge < -0.3 is 25.4 Å². The molecule has 18 heavy (non-hydrogen) atoms. The van der Waals surface area contributed by atoms with Gasteiger partial charge in [0.2, 0.25) is 11.9 Å². The standard InChI is InChI=1S/C10H20N6O2/c1-16(2)5-7-18-6-4-12-9-13-8(11)14-10(15-9)17-3/h4-7H2,1-3H3,(H3,11,12,13,14,15). The smallest absolute Gasteiger partial charge is 0.322 e. The minimum Gasteiger partial charge on any atom is -0.467 e. The van der Waals surface area contributed by atoms with Crippen LogP contribution in [0.5, 0.6) is 6.01 Å². The van der Waals surface area contributed by atoms with Gasteiger partial charge in [0.25, 0.3) is 0 Å². The van der Waals surface area contributed by atoms with Crippen LogP contribution in [0.15, 0.2) is 0 Å². The van der Waals surface area contributed by atoms with Crippen LogP contribution in [0.3, 0.4) is 0 Å². The number of nitrogen functional groups attached to an aromatic ring is 1. The molecule has 1 aromatic rings. The van der Waals surface area contributed by atoms with Crippen molar-refractivity contribution in [2.45, 2.75) is 0 Å². The van der Waals surface area contributed by atoms with E-state index in [4.69, 9.17) is 15.2 Å². The highest BCUT2D eigenvalue weighted by Crippen LogP contribution is 2.07. The Balaban J connectivity index is 2.24. The number of nitrogens with two attached hydrogens (primary N) is 1. The Morgan fingerprint density at radius 2 is 2.00 bits per heavy atom. The van der Waals surface area contributed by atoms with Crippen molar-refractivity contribution in [3.63, 3.8) is 0 Å². The fraction of sp³-hybridized carbons (Fsp3) is 0.700. The van der Waals surface area contributed by atoms with E-state index in [0.29, 0.717) is 25.7 Å². The maximum atomic E-state index is 5.50. The van der Waals surface area contributed by atoms with Crippen LogP contribution in [0.2, 0.25) is 0 Å². The highest BCUT2D eigenvalue weighted by atomic mass is 16.5. The molecule has 3 N–H and O–H groups in total. The summed E-state index contributed by atoms with van der Waals surface area (Å²) in [5.41, 5.74) is 5.50. The molecule has 0 atom stereocenters. The summed E-state index contributed by atoms with van der Waals surface area (Å²) in [6.07, 6.45) is 0. The van der Waals surface area contributed by atoms with Gasteiger partial charge in [-0.1, -0.05) is 0 Å². The van der Waals surface area contributed by atoms with E-state index in [1.165, 1.54) is 7.11 Å². The zero-order chi connectivity index (χ0) is 13.4. The fourth-order valence-corrected chi connectivity index (χ4v) is 1.13. The van der Waals surface area contributed by atoms with Gasteiger partial charge in [0.1, 0.15) is 0 Å². The van der Waals surface area contributed by atoms with Gasteiger partial charge in [-0.05, 0) is 14.1 Å². The molecule has 8 heteroatoms. The molecule has 0 fully saturated rings. The summed E-state index contributed by atoms with van der Waals surface area (Å²) in [6, 6.07) is 0.193. The second kappa shape index (κ2) is 7.62. The molecule has 0 radical (unpaired) electrons. The number of ether oxygens (including phenoxy) is 2. The van der Waals surface area contributed by atoms with Crippen molar-refractivity contribution >= 4 is 11.9 Å². The molecule has 0 amide bonds. The zero-order valence-electron chi connectivity index (χ0n) is 11.0.